The summed E-state index contributed by atoms with van der Waals surface area (Å²) in [5.74, 6) is -2.27. The molecule has 3 aliphatic rings. The van der Waals surface area contributed by atoms with Crippen molar-refractivity contribution in [3.05, 3.63) is 54.1 Å². The number of aliphatic hydroxyl groups excluding tert-OH is 3. The number of esters is 1. The van der Waals surface area contributed by atoms with E-state index in [0.717, 1.165) is 5.56 Å². The number of rotatable bonds is 3. The molecule has 0 aliphatic heterocycles. The standard InChI is InChI=1S/C29H38O6/c1-18-17-29(35-21(31)12-11-19-9-7-6-8-10-19)22(23(18)32)24(33)27(4)14-13-20(30)26(2,3)15-16-28(27,5)25(29)34/h6-12,15-16,18,20,22-24,30,32-33H,13-14,17H2,1-5H3/b12-11+,16-15+/t18-,20+,22-,23+,24-,27+,28-,29-/m1/s1. The van der Waals surface area contributed by atoms with Crippen molar-refractivity contribution in [1.82, 2.24) is 0 Å². The van der Waals surface area contributed by atoms with Crippen molar-refractivity contribution < 1.29 is 29.6 Å². The van der Waals surface area contributed by atoms with Gasteiger partial charge < -0.3 is 20.1 Å². The third-order valence-electron chi connectivity index (χ3n) is 9.29. The molecule has 2 fully saturated rings. The van der Waals surface area contributed by atoms with Crippen LogP contribution in [-0.2, 0) is 14.3 Å². The molecule has 0 aromatic heterocycles. The van der Waals surface area contributed by atoms with Gasteiger partial charge >= 0.3 is 5.97 Å². The van der Waals surface area contributed by atoms with Crippen LogP contribution >= 0.6 is 0 Å². The zero-order valence-electron chi connectivity index (χ0n) is 21.3. The highest BCUT2D eigenvalue weighted by atomic mass is 16.6. The first kappa shape index (κ1) is 25.8. The average Bonchev–Trinajstić information content (AvgIpc) is 3.07. The lowest BCUT2D eigenvalue weighted by atomic mass is 9.47. The summed E-state index contributed by atoms with van der Waals surface area (Å²) in [5, 5.41) is 33.7. The minimum Gasteiger partial charge on any atom is -0.447 e. The van der Waals surface area contributed by atoms with Gasteiger partial charge in [-0.25, -0.2) is 4.79 Å². The zero-order valence-corrected chi connectivity index (χ0v) is 21.3. The van der Waals surface area contributed by atoms with Gasteiger partial charge in [0.1, 0.15) is 0 Å². The molecule has 1 aromatic rings. The Morgan fingerprint density at radius 2 is 1.71 bits per heavy atom. The van der Waals surface area contributed by atoms with Crippen molar-refractivity contribution in [2.45, 2.75) is 77.8 Å². The summed E-state index contributed by atoms with van der Waals surface area (Å²) >= 11 is 0. The third kappa shape index (κ3) is 3.90. The number of ketones is 1. The number of benzene rings is 1. The predicted octanol–water partition coefficient (Wildman–Crippen LogP) is 3.69. The fourth-order valence-corrected chi connectivity index (χ4v) is 6.53. The molecule has 6 heteroatoms. The van der Waals surface area contributed by atoms with Crippen molar-refractivity contribution in [2.75, 3.05) is 0 Å². The maximum Gasteiger partial charge on any atom is 0.331 e. The summed E-state index contributed by atoms with van der Waals surface area (Å²) in [6, 6.07) is 9.30. The second-order valence-electron chi connectivity index (χ2n) is 11.9. The number of ether oxygens (including phenoxy) is 1. The minimum absolute atomic E-state index is 0.144. The molecule has 0 radical (unpaired) electrons. The molecule has 0 bridgehead atoms. The molecular formula is C29H38O6. The van der Waals surface area contributed by atoms with E-state index in [1.54, 1.807) is 19.1 Å². The van der Waals surface area contributed by atoms with E-state index in [9.17, 15) is 24.9 Å². The largest absolute Gasteiger partial charge is 0.447 e. The molecule has 0 spiro atoms. The molecule has 0 unspecified atom stereocenters. The summed E-state index contributed by atoms with van der Waals surface area (Å²) in [4.78, 5) is 27.5. The normalized spacial score (nSPS) is 43.7. The Morgan fingerprint density at radius 3 is 2.37 bits per heavy atom. The number of hydrogen-bond donors (Lipinski definition) is 3. The molecule has 8 atom stereocenters. The number of carbonyl (C=O) groups is 2. The van der Waals surface area contributed by atoms with Gasteiger partial charge in [-0.15, -0.1) is 0 Å². The van der Waals surface area contributed by atoms with Crippen LogP contribution in [0, 0.1) is 28.1 Å². The zero-order chi connectivity index (χ0) is 25.8. The highest BCUT2D eigenvalue weighted by Crippen LogP contribution is 2.63. The Kier molecular flexibility index (Phi) is 6.40. The highest BCUT2D eigenvalue weighted by molar-refractivity contribution is 5.99. The topological polar surface area (TPSA) is 104 Å². The van der Waals surface area contributed by atoms with Crippen LogP contribution in [0.3, 0.4) is 0 Å². The highest BCUT2D eigenvalue weighted by Gasteiger charge is 2.74. The SMILES string of the molecule is C[C@@H]1C[C@]2(OC(=O)/C=C/c3ccccc3)C(=O)[C@@]3(C)/C=C/C(C)(C)[C@@H](O)CC[C@@]3(C)[C@H](O)[C@H]2[C@H]1O. The Balaban J connectivity index is 1.78. The van der Waals surface area contributed by atoms with Crippen LogP contribution in [0.2, 0.25) is 0 Å². The fraction of sp³-hybridized carbons (Fsp3) is 0.586. The summed E-state index contributed by atoms with van der Waals surface area (Å²) < 4.78 is 5.97. The van der Waals surface area contributed by atoms with Gasteiger partial charge in [0, 0.05) is 23.3 Å². The van der Waals surface area contributed by atoms with Crippen LogP contribution in [0.15, 0.2) is 48.6 Å². The van der Waals surface area contributed by atoms with E-state index < -0.39 is 52.0 Å². The van der Waals surface area contributed by atoms with E-state index in [1.165, 1.54) is 6.08 Å². The number of allylic oxidation sites excluding steroid dienone is 1. The second-order valence-corrected chi connectivity index (χ2v) is 11.9. The Labute approximate surface area is 207 Å². The lowest BCUT2D eigenvalue weighted by molar-refractivity contribution is -0.216. The van der Waals surface area contributed by atoms with Gasteiger partial charge in [0.25, 0.3) is 0 Å². The lowest BCUT2D eigenvalue weighted by Gasteiger charge is -2.59. The summed E-state index contributed by atoms with van der Waals surface area (Å²) in [7, 11) is 0. The molecule has 6 nitrogen and oxygen atoms in total. The molecule has 3 aliphatic carbocycles. The average molecular weight is 483 g/mol. The summed E-state index contributed by atoms with van der Waals surface area (Å²) in [6.45, 7) is 9.29. The minimum atomic E-state index is -1.64. The Hall–Kier alpha value is -2.28. The second kappa shape index (κ2) is 8.68. The molecule has 0 saturated heterocycles. The van der Waals surface area contributed by atoms with E-state index in [-0.39, 0.29) is 18.1 Å². The quantitative estimate of drug-likeness (QED) is 0.345. The Morgan fingerprint density at radius 1 is 1.06 bits per heavy atom. The van der Waals surface area contributed by atoms with Gasteiger partial charge in [0.05, 0.1) is 29.6 Å². The van der Waals surface area contributed by atoms with Crippen molar-refractivity contribution in [3.63, 3.8) is 0 Å². The first-order valence-electron chi connectivity index (χ1n) is 12.5. The number of carbonyl (C=O) groups excluding carboxylic acids is 2. The predicted molar refractivity (Wildman–Crippen MR) is 133 cm³/mol. The van der Waals surface area contributed by atoms with Crippen LogP contribution in [0.5, 0.6) is 0 Å². The molecule has 3 N–H and O–H groups in total. The van der Waals surface area contributed by atoms with Gasteiger partial charge in [0.15, 0.2) is 11.4 Å². The molecule has 0 heterocycles. The van der Waals surface area contributed by atoms with E-state index in [1.807, 2.05) is 64.1 Å². The summed E-state index contributed by atoms with van der Waals surface area (Å²) in [5.41, 5.74) is -3.50. The first-order chi connectivity index (χ1) is 16.3. The number of Topliss-reactive ketones (excluding diaryl/α,β-unsaturated/α-hetero) is 1. The maximum atomic E-state index is 14.5. The molecule has 4 rings (SSSR count). The van der Waals surface area contributed by atoms with Gasteiger partial charge in [0.2, 0.25) is 0 Å². The Bertz CT molecular complexity index is 1040. The molecule has 35 heavy (non-hydrogen) atoms. The van der Waals surface area contributed by atoms with Crippen molar-refractivity contribution >= 4 is 17.8 Å². The maximum absolute atomic E-state index is 14.5. The van der Waals surface area contributed by atoms with E-state index >= 15 is 0 Å². The van der Waals surface area contributed by atoms with Gasteiger partial charge in [-0.1, -0.05) is 70.2 Å². The molecule has 2 saturated carbocycles. The van der Waals surface area contributed by atoms with Crippen LogP contribution < -0.4 is 0 Å². The van der Waals surface area contributed by atoms with Gasteiger partial charge in [-0.3, -0.25) is 4.79 Å². The monoisotopic (exact) mass is 482 g/mol. The van der Waals surface area contributed by atoms with E-state index in [2.05, 4.69) is 0 Å². The number of fused-ring (bicyclic) bond motifs is 2. The third-order valence-corrected chi connectivity index (χ3v) is 9.29. The van der Waals surface area contributed by atoms with Crippen LogP contribution in [0.25, 0.3) is 6.08 Å². The first-order valence-corrected chi connectivity index (χ1v) is 12.5. The van der Waals surface area contributed by atoms with Crippen molar-refractivity contribution in [1.29, 1.82) is 0 Å². The van der Waals surface area contributed by atoms with Crippen molar-refractivity contribution in [3.8, 4) is 0 Å². The molecule has 1 aromatic carbocycles. The molecular weight excluding hydrogens is 444 g/mol. The smallest absolute Gasteiger partial charge is 0.331 e. The number of hydrogen-bond acceptors (Lipinski definition) is 6. The van der Waals surface area contributed by atoms with Gasteiger partial charge in [-0.05, 0) is 37.3 Å². The van der Waals surface area contributed by atoms with Crippen LogP contribution in [0.1, 0.15) is 59.4 Å². The van der Waals surface area contributed by atoms with Crippen LogP contribution in [0.4, 0.5) is 0 Å². The lowest BCUT2D eigenvalue weighted by Crippen LogP contribution is -2.70. The van der Waals surface area contributed by atoms with Crippen LogP contribution in [-0.4, -0.2) is 51.0 Å². The summed E-state index contributed by atoms with van der Waals surface area (Å²) in [6.07, 6.45) is 4.73. The molecule has 190 valence electrons. The fourth-order valence-electron chi connectivity index (χ4n) is 6.53. The molecule has 0 amide bonds. The van der Waals surface area contributed by atoms with Gasteiger partial charge in [-0.2, -0.15) is 0 Å². The number of aliphatic hydroxyl groups is 3. The van der Waals surface area contributed by atoms with E-state index in [0.29, 0.717) is 12.8 Å². The van der Waals surface area contributed by atoms with Crippen molar-refractivity contribution in [2.24, 2.45) is 28.1 Å². The van der Waals surface area contributed by atoms with E-state index in [4.69, 9.17) is 4.74 Å².